The number of pyridine rings is 1. The highest BCUT2D eigenvalue weighted by atomic mass is 16.6. The Hall–Kier alpha value is -3.15. The molecule has 0 aliphatic carbocycles. The minimum atomic E-state index is -0.394. The molecule has 0 aliphatic rings. The highest BCUT2D eigenvalue weighted by Crippen LogP contribution is 2.32. The molecule has 0 saturated carbocycles. The zero-order chi connectivity index (χ0) is 14.8. The molecule has 1 aromatic heterocycles. The van der Waals surface area contributed by atoms with Crippen LogP contribution in [-0.4, -0.2) is 9.91 Å². The van der Waals surface area contributed by atoms with Crippen molar-refractivity contribution >= 4 is 33.5 Å². The van der Waals surface area contributed by atoms with Crippen LogP contribution in [0.15, 0.2) is 54.9 Å². The fourth-order valence-corrected chi connectivity index (χ4v) is 2.16. The molecule has 0 unspecified atom stereocenters. The molecule has 6 nitrogen and oxygen atoms in total. The molecule has 0 radical (unpaired) electrons. The SMILES string of the molecule is Nc1ccc(Nc2ccc([N+](=O)[O-])c3ccncc23)cc1. The topological polar surface area (TPSA) is 94.1 Å². The fraction of sp³-hybridized carbons (Fsp3) is 0. The van der Waals surface area contributed by atoms with Crippen LogP contribution in [0.25, 0.3) is 10.8 Å². The van der Waals surface area contributed by atoms with Gasteiger partial charge < -0.3 is 11.1 Å². The Morgan fingerprint density at radius 2 is 1.81 bits per heavy atom. The first kappa shape index (κ1) is 12.9. The van der Waals surface area contributed by atoms with E-state index in [1.54, 1.807) is 36.7 Å². The second-order valence-electron chi connectivity index (χ2n) is 4.56. The van der Waals surface area contributed by atoms with E-state index in [9.17, 15) is 10.1 Å². The van der Waals surface area contributed by atoms with Crippen molar-refractivity contribution in [3.05, 3.63) is 65.0 Å². The van der Waals surface area contributed by atoms with Crippen molar-refractivity contribution in [2.75, 3.05) is 11.1 Å². The van der Waals surface area contributed by atoms with E-state index in [2.05, 4.69) is 10.3 Å². The van der Waals surface area contributed by atoms with Gasteiger partial charge in [-0.1, -0.05) is 0 Å². The van der Waals surface area contributed by atoms with Crippen LogP contribution >= 0.6 is 0 Å². The van der Waals surface area contributed by atoms with Gasteiger partial charge in [0.25, 0.3) is 5.69 Å². The van der Waals surface area contributed by atoms with E-state index < -0.39 is 4.92 Å². The summed E-state index contributed by atoms with van der Waals surface area (Å²) in [7, 11) is 0. The smallest absolute Gasteiger partial charge is 0.277 e. The first-order chi connectivity index (χ1) is 10.1. The third-order valence-electron chi connectivity index (χ3n) is 3.18. The number of rotatable bonds is 3. The van der Waals surface area contributed by atoms with Gasteiger partial charge in [-0.15, -0.1) is 0 Å². The molecule has 6 heteroatoms. The van der Waals surface area contributed by atoms with Crippen molar-refractivity contribution in [2.45, 2.75) is 0 Å². The summed E-state index contributed by atoms with van der Waals surface area (Å²) in [6, 6.07) is 12.1. The summed E-state index contributed by atoms with van der Waals surface area (Å²) in [5.41, 5.74) is 8.00. The summed E-state index contributed by atoms with van der Waals surface area (Å²) >= 11 is 0. The minimum Gasteiger partial charge on any atom is -0.399 e. The molecule has 3 N–H and O–H groups in total. The number of hydrogen-bond donors (Lipinski definition) is 2. The van der Waals surface area contributed by atoms with Gasteiger partial charge in [-0.05, 0) is 36.4 Å². The number of nitrogens with zero attached hydrogens (tertiary/aromatic N) is 2. The Labute approximate surface area is 120 Å². The molecule has 0 spiro atoms. The Bertz CT molecular complexity index is 816. The first-order valence-corrected chi connectivity index (χ1v) is 6.29. The highest BCUT2D eigenvalue weighted by molar-refractivity contribution is 6.00. The first-order valence-electron chi connectivity index (χ1n) is 6.29. The standard InChI is InChI=1S/C15H12N4O2/c16-10-1-3-11(4-2-10)18-14-5-6-15(19(20)21)12-7-8-17-9-13(12)14/h1-9,18H,16H2. The lowest BCUT2D eigenvalue weighted by Gasteiger charge is -2.10. The van der Waals surface area contributed by atoms with Gasteiger partial charge in [0, 0.05) is 40.9 Å². The van der Waals surface area contributed by atoms with E-state index in [0.29, 0.717) is 16.5 Å². The predicted octanol–water partition coefficient (Wildman–Crippen LogP) is 3.47. The number of nitrogens with two attached hydrogens (primary N) is 1. The number of hydrogen-bond acceptors (Lipinski definition) is 5. The van der Waals surface area contributed by atoms with Crippen molar-refractivity contribution in [3.8, 4) is 0 Å². The molecule has 1 heterocycles. The normalized spacial score (nSPS) is 10.5. The average Bonchev–Trinajstić information content (AvgIpc) is 2.49. The van der Waals surface area contributed by atoms with Crippen LogP contribution in [0.4, 0.5) is 22.7 Å². The number of non-ortho nitro benzene ring substituents is 1. The fourth-order valence-electron chi connectivity index (χ4n) is 2.16. The summed E-state index contributed by atoms with van der Waals surface area (Å²) in [6.45, 7) is 0. The molecule has 0 aliphatic heterocycles. The lowest BCUT2D eigenvalue weighted by atomic mass is 10.1. The van der Waals surface area contributed by atoms with Crippen LogP contribution in [0.1, 0.15) is 0 Å². The summed E-state index contributed by atoms with van der Waals surface area (Å²) in [6.07, 6.45) is 3.16. The molecule has 2 aromatic carbocycles. The van der Waals surface area contributed by atoms with Gasteiger partial charge >= 0.3 is 0 Å². The van der Waals surface area contributed by atoms with Crippen LogP contribution in [0.2, 0.25) is 0 Å². The number of nitro groups is 1. The number of aromatic nitrogens is 1. The van der Waals surface area contributed by atoms with Crippen LogP contribution in [0.3, 0.4) is 0 Å². The molecule has 21 heavy (non-hydrogen) atoms. The van der Waals surface area contributed by atoms with Crippen molar-refractivity contribution in [1.82, 2.24) is 4.98 Å². The Balaban J connectivity index is 2.09. The molecule has 0 atom stereocenters. The van der Waals surface area contributed by atoms with E-state index in [0.717, 1.165) is 11.4 Å². The van der Waals surface area contributed by atoms with Gasteiger partial charge in [0.1, 0.15) is 0 Å². The van der Waals surface area contributed by atoms with E-state index in [1.165, 1.54) is 6.07 Å². The molecule has 3 aromatic rings. The summed E-state index contributed by atoms with van der Waals surface area (Å²) in [4.78, 5) is 14.7. The third kappa shape index (κ3) is 2.46. The van der Waals surface area contributed by atoms with E-state index in [4.69, 9.17) is 5.73 Å². The molecule has 0 saturated heterocycles. The second kappa shape index (κ2) is 5.09. The number of nitro benzene ring substituents is 1. The van der Waals surface area contributed by atoms with Crippen molar-refractivity contribution in [3.63, 3.8) is 0 Å². The largest absolute Gasteiger partial charge is 0.399 e. The monoisotopic (exact) mass is 280 g/mol. The number of fused-ring (bicyclic) bond motifs is 1. The molecule has 3 rings (SSSR count). The Kier molecular flexibility index (Phi) is 3.12. The van der Waals surface area contributed by atoms with E-state index >= 15 is 0 Å². The molecule has 0 amide bonds. The van der Waals surface area contributed by atoms with Crippen molar-refractivity contribution < 1.29 is 4.92 Å². The zero-order valence-corrected chi connectivity index (χ0v) is 11.0. The van der Waals surface area contributed by atoms with E-state index in [1.807, 2.05) is 12.1 Å². The Morgan fingerprint density at radius 1 is 1.05 bits per heavy atom. The van der Waals surface area contributed by atoms with Gasteiger partial charge in [-0.25, -0.2) is 0 Å². The summed E-state index contributed by atoms with van der Waals surface area (Å²) < 4.78 is 0. The minimum absolute atomic E-state index is 0.0651. The van der Waals surface area contributed by atoms with Gasteiger partial charge in [0.15, 0.2) is 0 Å². The van der Waals surface area contributed by atoms with Crippen LogP contribution < -0.4 is 11.1 Å². The van der Waals surface area contributed by atoms with Crippen LogP contribution in [0, 0.1) is 10.1 Å². The number of anilines is 3. The maximum absolute atomic E-state index is 11.1. The average molecular weight is 280 g/mol. The molecule has 104 valence electrons. The number of nitrogen functional groups attached to an aromatic ring is 1. The van der Waals surface area contributed by atoms with Crippen LogP contribution in [-0.2, 0) is 0 Å². The summed E-state index contributed by atoms with van der Waals surface area (Å²) in [5.74, 6) is 0. The lowest BCUT2D eigenvalue weighted by molar-refractivity contribution is -0.383. The zero-order valence-electron chi connectivity index (χ0n) is 11.0. The predicted molar refractivity (Wildman–Crippen MR) is 82.5 cm³/mol. The maximum Gasteiger partial charge on any atom is 0.277 e. The van der Waals surface area contributed by atoms with E-state index in [-0.39, 0.29) is 5.69 Å². The number of benzene rings is 2. The van der Waals surface area contributed by atoms with Gasteiger partial charge in [-0.3, -0.25) is 15.1 Å². The quantitative estimate of drug-likeness (QED) is 0.435. The maximum atomic E-state index is 11.1. The summed E-state index contributed by atoms with van der Waals surface area (Å²) in [5, 5.41) is 15.5. The molecule has 0 bridgehead atoms. The number of nitrogens with one attached hydrogen (secondary N) is 1. The van der Waals surface area contributed by atoms with Crippen molar-refractivity contribution in [2.24, 2.45) is 0 Å². The Morgan fingerprint density at radius 3 is 2.52 bits per heavy atom. The molecular formula is C15H12N4O2. The van der Waals surface area contributed by atoms with Gasteiger partial charge in [0.2, 0.25) is 0 Å². The van der Waals surface area contributed by atoms with Crippen LogP contribution in [0.5, 0.6) is 0 Å². The van der Waals surface area contributed by atoms with Gasteiger partial charge in [0.05, 0.1) is 10.3 Å². The van der Waals surface area contributed by atoms with Gasteiger partial charge in [-0.2, -0.15) is 0 Å². The second-order valence-corrected chi connectivity index (χ2v) is 4.56. The lowest BCUT2D eigenvalue weighted by Crippen LogP contribution is -1.95. The third-order valence-corrected chi connectivity index (χ3v) is 3.18. The molecule has 0 fully saturated rings. The molecular weight excluding hydrogens is 268 g/mol. The van der Waals surface area contributed by atoms with Crippen molar-refractivity contribution in [1.29, 1.82) is 0 Å². The highest BCUT2D eigenvalue weighted by Gasteiger charge is 2.14.